The lowest BCUT2D eigenvalue weighted by Gasteiger charge is -2.18. The predicted molar refractivity (Wildman–Crippen MR) is 120 cm³/mol. The Kier molecular flexibility index (Phi) is 6.58. The number of amides is 2. The summed E-state index contributed by atoms with van der Waals surface area (Å²) in [5.41, 5.74) is 3.52. The molecule has 3 N–H and O–H groups in total. The lowest BCUT2D eigenvalue weighted by molar-refractivity contribution is -0.136. The summed E-state index contributed by atoms with van der Waals surface area (Å²) in [5, 5.41) is 6.27. The van der Waals surface area contributed by atoms with Crippen LogP contribution in [0, 0.1) is 11.7 Å². The van der Waals surface area contributed by atoms with Crippen molar-refractivity contribution in [2.75, 3.05) is 18.8 Å². The molecule has 4 rings (SSSR count). The number of aromatic nitrogens is 3. The summed E-state index contributed by atoms with van der Waals surface area (Å²) in [5.74, 6) is -2.32. The Morgan fingerprint density at radius 2 is 1.92 bits per heavy atom. The van der Waals surface area contributed by atoms with Crippen LogP contribution in [0.4, 0.5) is 27.8 Å². The minimum absolute atomic E-state index is 0.0465. The van der Waals surface area contributed by atoms with E-state index in [9.17, 15) is 31.5 Å². The van der Waals surface area contributed by atoms with E-state index in [1.165, 1.54) is 11.0 Å². The standard InChI is InChI=1S/C23H23F5N6O2/c1-11(2)3-19(35)33-8-16(25)17(9-33)32-22(36)13-4-12(5-14(24)6-13)18-7-15(23(26,27)28)20-21(29)30-10-31-34(18)20/h4-7,10-11,16-17H,3,8-9H2,1-2H3,(H,32,36)(H2,29,30,31)/t16-,17+/m0/s1. The van der Waals surface area contributed by atoms with Gasteiger partial charge in [0.1, 0.15) is 23.8 Å². The second-order valence-electron chi connectivity index (χ2n) is 9.07. The normalized spacial score (nSPS) is 18.3. The average molecular weight is 510 g/mol. The summed E-state index contributed by atoms with van der Waals surface area (Å²) >= 11 is 0. The van der Waals surface area contributed by atoms with Crippen LogP contribution in [0.25, 0.3) is 16.8 Å². The number of nitrogens with one attached hydrogen (secondary N) is 1. The molecule has 0 radical (unpaired) electrons. The predicted octanol–water partition coefficient (Wildman–Crippen LogP) is 3.46. The largest absolute Gasteiger partial charge is 0.418 e. The fourth-order valence-corrected chi connectivity index (χ4v) is 4.19. The maximum absolute atomic E-state index is 14.5. The number of carbonyl (C=O) groups excluding carboxylic acids is 2. The van der Waals surface area contributed by atoms with Crippen LogP contribution in [0.2, 0.25) is 0 Å². The summed E-state index contributed by atoms with van der Waals surface area (Å²) in [6.07, 6.45) is -5.14. The first-order chi connectivity index (χ1) is 16.8. The number of carbonyl (C=O) groups is 2. The third kappa shape index (κ3) is 4.95. The number of fused-ring (bicyclic) bond motifs is 1. The molecule has 192 valence electrons. The SMILES string of the molecule is CC(C)CC(=O)N1C[C@H](F)[C@H](NC(=O)c2cc(F)cc(-c3cc(C(F)(F)F)c4c(N)ncnn34)c2)C1. The Hall–Kier alpha value is -3.77. The van der Waals surface area contributed by atoms with Gasteiger partial charge in [0.15, 0.2) is 5.82 Å². The zero-order valence-electron chi connectivity index (χ0n) is 19.3. The fourth-order valence-electron chi connectivity index (χ4n) is 4.19. The van der Waals surface area contributed by atoms with Crippen molar-refractivity contribution in [3.05, 3.63) is 47.5 Å². The summed E-state index contributed by atoms with van der Waals surface area (Å²) in [4.78, 5) is 30.0. The molecule has 0 unspecified atom stereocenters. The lowest BCUT2D eigenvalue weighted by Crippen LogP contribution is -2.41. The number of nitrogens with zero attached hydrogens (tertiary/aromatic N) is 4. The maximum atomic E-state index is 14.5. The molecule has 1 saturated heterocycles. The molecular formula is C23H23F5N6O2. The van der Waals surface area contributed by atoms with E-state index in [-0.39, 0.29) is 48.2 Å². The van der Waals surface area contributed by atoms with Gasteiger partial charge in [-0.1, -0.05) is 13.8 Å². The van der Waals surface area contributed by atoms with Crippen LogP contribution in [0.1, 0.15) is 36.2 Å². The molecule has 0 aliphatic carbocycles. The van der Waals surface area contributed by atoms with Crippen LogP contribution in [-0.2, 0) is 11.0 Å². The van der Waals surface area contributed by atoms with Crippen LogP contribution in [0.3, 0.4) is 0 Å². The molecule has 0 saturated carbocycles. The number of anilines is 1. The van der Waals surface area contributed by atoms with Crippen molar-refractivity contribution in [3.63, 3.8) is 0 Å². The third-order valence-electron chi connectivity index (χ3n) is 5.84. The highest BCUT2D eigenvalue weighted by molar-refractivity contribution is 5.96. The molecule has 2 aromatic heterocycles. The van der Waals surface area contributed by atoms with Gasteiger partial charge in [0.05, 0.1) is 23.8 Å². The van der Waals surface area contributed by atoms with Gasteiger partial charge in [0.2, 0.25) is 5.91 Å². The van der Waals surface area contributed by atoms with Gasteiger partial charge in [0, 0.05) is 24.1 Å². The quantitative estimate of drug-likeness (QED) is 0.512. The van der Waals surface area contributed by atoms with Gasteiger partial charge in [-0.05, 0) is 30.2 Å². The first-order valence-corrected chi connectivity index (χ1v) is 11.1. The van der Waals surface area contributed by atoms with Gasteiger partial charge in [0.25, 0.3) is 5.91 Å². The fraction of sp³-hybridized carbons (Fsp3) is 0.391. The van der Waals surface area contributed by atoms with Crippen molar-refractivity contribution in [2.24, 2.45) is 5.92 Å². The van der Waals surface area contributed by atoms with Crippen LogP contribution in [0.15, 0.2) is 30.6 Å². The lowest BCUT2D eigenvalue weighted by atomic mass is 10.1. The molecule has 1 aliphatic heterocycles. The maximum Gasteiger partial charge on any atom is 0.418 e. The van der Waals surface area contributed by atoms with Crippen LogP contribution >= 0.6 is 0 Å². The van der Waals surface area contributed by atoms with Crippen molar-refractivity contribution >= 4 is 23.1 Å². The van der Waals surface area contributed by atoms with Gasteiger partial charge in [-0.2, -0.15) is 18.3 Å². The van der Waals surface area contributed by atoms with Gasteiger partial charge in [-0.15, -0.1) is 0 Å². The molecule has 1 fully saturated rings. The van der Waals surface area contributed by atoms with Crippen molar-refractivity contribution < 1.29 is 31.5 Å². The highest BCUT2D eigenvalue weighted by Gasteiger charge is 2.38. The second kappa shape index (κ2) is 9.36. The number of nitrogen functional groups attached to an aromatic ring is 1. The highest BCUT2D eigenvalue weighted by atomic mass is 19.4. The minimum Gasteiger partial charge on any atom is -0.382 e. The number of halogens is 5. The molecule has 0 bridgehead atoms. The average Bonchev–Trinajstić information content (AvgIpc) is 3.35. The summed E-state index contributed by atoms with van der Waals surface area (Å²) in [6, 6.07) is 2.72. The van der Waals surface area contributed by atoms with Crippen molar-refractivity contribution in [1.29, 1.82) is 0 Å². The number of nitrogens with two attached hydrogens (primary N) is 1. The highest BCUT2D eigenvalue weighted by Crippen LogP contribution is 2.38. The zero-order valence-corrected chi connectivity index (χ0v) is 19.3. The number of alkyl halides is 4. The number of hydrogen-bond donors (Lipinski definition) is 2. The molecule has 3 heterocycles. The molecule has 13 heteroatoms. The number of likely N-dealkylation sites (tertiary alicyclic amines) is 1. The van der Waals surface area contributed by atoms with E-state index in [2.05, 4.69) is 15.4 Å². The molecule has 36 heavy (non-hydrogen) atoms. The zero-order chi connectivity index (χ0) is 26.4. The van der Waals surface area contributed by atoms with E-state index in [4.69, 9.17) is 5.73 Å². The van der Waals surface area contributed by atoms with Crippen molar-refractivity contribution in [2.45, 2.75) is 38.7 Å². The number of benzene rings is 1. The third-order valence-corrected chi connectivity index (χ3v) is 5.84. The van der Waals surface area contributed by atoms with Crippen LogP contribution in [-0.4, -0.2) is 56.6 Å². The molecule has 2 amide bonds. The molecule has 2 atom stereocenters. The van der Waals surface area contributed by atoms with Crippen LogP contribution < -0.4 is 11.1 Å². The Balaban J connectivity index is 1.63. The molecule has 3 aromatic rings. The molecule has 1 aliphatic rings. The van der Waals surface area contributed by atoms with Crippen molar-refractivity contribution in [3.8, 4) is 11.3 Å². The van der Waals surface area contributed by atoms with E-state index in [0.717, 1.165) is 29.0 Å². The monoisotopic (exact) mass is 510 g/mol. The van der Waals surface area contributed by atoms with E-state index < -0.39 is 47.0 Å². The van der Waals surface area contributed by atoms with E-state index in [0.29, 0.717) is 0 Å². The first kappa shape index (κ1) is 25.3. The van der Waals surface area contributed by atoms with E-state index in [1.807, 2.05) is 13.8 Å². The Labute approximate surface area is 202 Å². The Morgan fingerprint density at radius 3 is 2.58 bits per heavy atom. The minimum atomic E-state index is -4.80. The van der Waals surface area contributed by atoms with Crippen molar-refractivity contribution in [1.82, 2.24) is 24.8 Å². The van der Waals surface area contributed by atoms with Gasteiger partial charge < -0.3 is 16.0 Å². The molecule has 0 spiro atoms. The summed E-state index contributed by atoms with van der Waals surface area (Å²) < 4.78 is 70.7. The summed E-state index contributed by atoms with van der Waals surface area (Å²) in [7, 11) is 0. The van der Waals surface area contributed by atoms with Gasteiger partial charge in [-0.25, -0.2) is 18.3 Å². The van der Waals surface area contributed by atoms with Crippen LogP contribution in [0.5, 0.6) is 0 Å². The molecular weight excluding hydrogens is 487 g/mol. The number of rotatable bonds is 5. The Bertz CT molecular complexity index is 1320. The van der Waals surface area contributed by atoms with E-state index >= 15 is 0 Å². The molecule has 8 nitrogen and oxygen atoms in total. The number of hydrogen-bond acceptors (Lipinski definition) is 5. The smallest absolute Gasteiger partial charge is 0.382 e. The Morgan fingerprint density at radius 1 is 1.19 bits per heavy atom. The topological polar surface area (TPSA) is 106 Å². The summed E-state index contributed by atoms with van der Waals surface area (Å²) in [6.45, 7) is 3.49. The molecule has 1 aromatic carbocycles. The second-order valence-corrected chi connectivity index (χ2v) is 9.07. The van der Waals surface area contributed by atoms with Gasteiger partial charge >= 0.3 is 6.18 Å². The van der Waals surface area contributed by atoms with Gasteiger partial charge in [-0.3, -0.25) is 9.59 Å². The first-order valence-electron chi connectivity index (χ1n) is 11.1. The van der Waals surface area contributed by atoms with E-state index in [1.54, 1.807) is 0 Å².